The standard InChI is InChI=1S/C12H18N4O3/c1-6(2)15-11(17)7(3)16-10-9(12(18)19)4-8(13)5-14-10/h4-7H,13H2,1-3H3,(H,14,16)(H,15,17)(H,18,19). The van der Waals surface area contributed by atoms with Crippen LogP contribution in [-0.4, -0.2) is 34.1 Å². The van der Waals surface area contributed by atoms with Crippen LogP contribution in [0.5, 0.6) is 0 Å². The SMILES string of the molecule is CC(C)NC(=O)C(C)Nc1ncc(N)cc1C(=O)O. The number of carbonyl (C=O) groups is 2. The fraction of sp³-hybridized carbons (Fsp3) is 0.417. The molecule has 1 heterocycles. The van der Waals surface area contributed by atoms with Crippen molar-refractivity contribution in [3.63, 3.8) is 0 Å². The molecule has 1 atom stereocenters. The van der Waals surface area contributed by atoms with Gasteiger partial charge in [0.1, 0.15) is 17.4 Å². The van der Waals surface area contributed by atoms with Crippen molar-refractivity contribution in [1.82, 2.24) is 10.3 Å². The Kier molecular flexibility index (Phi) is 4.68. The monoisotopic (exact) mass is 266 g/mol. The van der Waals surface area contributed by atoms with Crippen LogP contribution in [0, 0.1) is 0 Å². The molecule has 0 spiro atoms. The number of carbonyl (C=O) groups excluding carboxylic acids is 1. The maximum absolute atomic E-state index is 11.7. The first-order valence-electron chi connectivity index (χ1n) is 5.87. The van der Waals surface area contributed by atoms with Crippen molar-refractivity contribution in [2.24, 2.45) is 0 Å². The molecule has 7 heteroatoms. The minimum Gasteiger partial charge on any atom is -0.478 e. The van der Waals surface area contributed by atoms with Crippen molar-refractivity contribution >= 4 is 23.4 Å². The molecule has 0 aromatic carbocycles. The Morgan fingerprint density at radius 2 is 2.00 bits per heavy atom. The predicted molar refractivity (Wildman–Crippen MR) is 72.0 cm³/mol. The van der Waals surface area contributed by atoms with Crippen LogP contribution in [0.1, 0.15) is 31.1 Å². The molecule has 0 saturated heterocycles. The molecule has 1 amide bonds. The summed E-state index contributed by atoms with van der Waals surface area (Å²) in [4.78, 5) is 26.7. The second-order valence-electron chi connectivity index (χ2n) is 4.50. The summed E-state index contributed by atoms with van der Waals surface area (Å²) in [5.74, 6) is -1.27. The number of nitrogens with two attached hydrogens (primary N) is 1. The van der Waals surface area contributed by atoms with Crippen molar-refractivity contribution < 1.29 is 14.7 Å². The highest BCUT2D eigenvalue weighted by molar-refractivity contribution is 5.95. The Balaban J connectivity index is 2.87. The number of carboxylic acids is 1. The van der Waals surface area contributed by atoms with Crippen molar-refractivity contribution in [1.29, 1.82) is 0 Å². The van der Waals surface area contributed by atoms with Crippen LogP contribution < -0.4 is 16.4 Å². The maximum atomic E-state index is 11.7. The third kappa shape index (κ3) is 4.13. The number of aromatic nitrogens is 1. The third-order valence-electron chi connectivity index (χ3n) is 2.32. The molecule has 104 valence electrons. The molecule has 0 aliphatic rings. The zero-order chi connectivity index (χ0) is 14.6. The molecule has 1 rings (SSSR count). The van der Waals surface area contributed by atoms with Crippen LogP contribution in [0.25, 0.3) is 0 Å². The minimum atomic E-state index is -1.15. The van der Waals surface area contributed by atoms with Crippen molar-refractivity contribution in [3.05, 3.63) is 17.8 Å². The quantitative estimate of drug-likeness (QED) is 0.622. The zero-order valence-electron chi connectivity index (χ0n) is 11.1. The lowest BCUT2D eigenvalue weighted by molar-refractivity contribution is -0.122. The molecule has 5 N–H and O–H groups in total. The fourth-order valence-corrected chi connectivity index (χ4v) is 1.44. The highest BCUT2D eigenvalue weighted by Gasteiger charge is 2.18. The summed E-state index contributed by atoms with van der Waals surface area (Å²) >= 11 is 0. The van der Waals surface area contributed by atoms with E-state index < -0.39 is 12.0 Å². The molecule has 0 saturated carbocycles. The van der Waals surface area contributed by atoms with Gasteiger partial charge in [-0.3, -0.25) is 4.79 Å². The number of pyridine rings is 1. The molecule has 0 aliphatic heterocycles. The second kappa shape index (κ2) is 6.03. The number of aromatic carboxylic acids is 1. The summed E-state index contributed by atoms with van der Waals surface area (Å²) in [7, 11) is 0. The minimum absolute atomic E-state index is 0.00933. The molecule has 7 nitrogen and oxygen atoms in total. The van der Waals surface area contributed by atoms with Crippen molar-refractivity contribution in [2.75, 3.05) is 11.1 Å². The lowest BCUT2D eigenvalue weighted by Gasteiger charge is -2.17. The summed E-state index contributed by atoms with van der Waals surface area (Å²) < 4.78 is 0. The normalized spacial score (nSPS) is 12.0. The predicted octanol–water partition coefficient (Wildman–Crippen LogP) is 0.687. The number of hydrogen-bond acceptors (Lipinski definition) is 5. The number of nitrogens with one attached hydrogen (secondary N) is 2. The topological polar surface area (TPSA) is 117 Å². The molecule has 1 aromatic rings. The van der Waals surface area contributed by atoms with Gasteiger partial charge in [0.15, 0.2) is 0 Å². The number of anilines is 2. The van der Waals surface area contributed by atoms with E-state index in [1.165, 1.54) is 12.3 Å². The summed E-state index contributed by atoms with van der Waals surface area (Å²) in [5, 5.41) is 14.5. The number of rotatable bonds is 5. The Morgan fingerprint density at radius 1 is 1.37 bits per heavy atom. The first-order chi connectivity index (χ1) is 8.81. The largest absolute Gasteiger partial charge is 0.478 e. The number of hydrogen-bond donors (Lipinski definition) is 4. The lowest BCUT2D eigenvalue weighted by atomic mass is 10.2. The molecule has 0 aliphatic carbocycles. The van der Waals surface area contributed by atoms with Gasteiger partial charge < -0.3 is 21.5 Å². The molecule has 0 radical (unpaired) electrons. The van der Waals surface area contributed by atoms with E-state index in [9.17, 15) is 9.59 Å². The van der Waals surface area contributed by atoms with Gasteiger partial charge >= 0.3 is 5.97 Å². The van der Waals surface area contributed by atoms with Gasteiger partial charge in [0.05, 0.1) is 11.9 Å². The van der Waals surface area contributed by atoms with E-state index in [-0.39, 0.29) is 29.0 Å². The second-order valence-corrected chi connectivity index (χ2v) is 4.50. The number of carboxylic acid groups (broad SMARTS) is 1. The van der Waals surface area contributed by atoms with Gasteiger partial charge in [-0.25, -0.2) is 9.78 Å². The van der Waals surface area contributed by atoms with Gasteiger partial charge in [0, 0.05) is 6.04 Å². The highest BCUT2D eigenvalue weighted by Crippen LogP contribution is 2.16. The first-order valence-corrected chi connectivity index (χ1v) is 5.87. The fourth-order valence-electron chi connectivity index (χ4n) is 1.44. The summed E-state index contributed by atoms with van der Waals surface area (Å²) in [6.07, 6.45) is 1.34. The van der Waals surface area contributed by atoms with Gasteiger partial charge in [-0.05, 0) is 26.8 Å². The van der Waals surface area contributed by atoms with Crippen LogP contribution in [0.4, 0.5) is 11.5 Å². The van der Waals surface area contributed by atoms with E-state index in [0.29, 0.717) is 0 Å². The van der Waals surface area contributed by atoms with E-state index in [4.69, 9.17) is 10.8 Å². The molecule has 0 fully saturated rings. The van der Waals surface area contributed by atoms with Gasteiger partial charge in [-0.15, -0.1) is 0 Å². The molecule has 19 heavy (non-hydrogen) atoms. The Labute approximate surface area is 111 Å². The van der Waals surface area contributed by atoms with Gasteiger partial charge in [0.2, 0.25) is 5.91 Å². The summed E-state index contributed by atoms with van der Waals surface area (Å²) in [6, 6.07) is 0.705. The van der Waals surface area contributed by atoms with Crippen molar-refractivity contribution in [3.8, 4) is 0 Å². The van der Waals surface area contributed by atoms with Crippen LogP contribution in [0.3, 0.4) is 0 Å². The van der Waals surface area contributed by atoms with Gasteiger partial charge in [-0.1, -0.05) is 0 Å². The van der Waals surface area contributed by atoms with Gasteiger partial charge in [0.25, 0.3) is 0 Å². The summed E-state index contributed by atoms with van der Waals surface area (Å²) in [5.41, 5.74) is 5.68. The first kappa shape index (κ1) is 14.7. The van der Waals surface area contributed by atoms with Crippen LogP contribution in [0.2, 0.25) is 0 Å². The Bertz CT molecular complexity index is 488. The van der Waals surface area contributed by atoms with E-state index in [1.807, 2.05) is 13.8 Å². The average molecular weight is 266 g/mol. The summed E-state index contributed by atoms with van der Waals surface area (Å²) in [6.45, 7) is 5.31. The zero-order valence-corrected chi connectivity index (χ0v) is 11.1. The molecule has 1 unspecified atom stereocenters. The Hall–Kier alpha value is -2.31. The third-order valence-corrected chi connectivity index (χ3v) is 2.32. The van der Waals surface area contributed by atoms with Crippen LogP contribution in [-0.2, 0) is 4.79 Å². The molecule has 1 aromatic heterocycles. The number of nitrogens with zero attached hydrogens (tertiary/aromatic N) is 1. The highest BCUT2D eigenvalue weighted by atomic mass is 16.4. The molecular weight excluding hydrogens is 248 g/mol. The number of nitrogen functional groups attached to an aromatic ring is 1. The maximum Gasteiger partial charge on any atom is 0.339 e. The van der Waals surface area contributed by atoms with E-state index >= 15 is 0 Å². The van der Waals surface area contributed by atoms with Crippen molar-refractivity contribution in [2.45, 2.75) is 32.9 Å². The lowest BCUT2D eigenvalue weighted by Crippen LogP contribution is -2.41. The molecule has 0 bridgehead atoms. The van der Waals surface area contributed by atoms with E-state index in [1.54, 1.807) is 6.92 Å². The smallest absolute Gasteiger partial charge is 0.339 e. The number of amides is 1. The van der Waals surface area contributed by atoms with Crippen LogP contribution >= 0.6 is 0 Å². The van der Waals surface area contributed by atoms with E-state index in [2.05, 4.69) is 15.6 Å². The average Bonchev–Trinajstić information content (AvgIpc) is 2.30. The van der Waals surface area contributed by atoms with E-state index in [0.717, 1.165) is 0 Å². The van der Waals surface area contributed by atoms with Crippen LogP contribution in [0.15, 0.2) is 12.3 Å². The van der Waals surface area contributed by atoms with Gasteiger partial charge in [-0.2, -0.15) is 0 Å². The Morgan fingerprint density at radius 3 is 2.53 bits per heavy atom. The molecular formula is C12H18N4O3.